The van der Waals surface area contributed by atoms with Gasteiger partial charge in [-0.3, -0.25) is 4.79 Å². The van der Waals surface area contributed by atoms with Crippen LogP contribution in [0.1, 0.15) is 24.8 Å². The predicted molar refractivity (Wildman–Crippen MR) is 89.7 cm³/mol. The lowest BCUT2D eigenvalue weighted by Crippen LogP contribution is -2.34. The largest absolute Gasteiger partial charge is 0.573 e. The number of benzene rings is 1. The first kappa shape index (κ1) is 19.8. The van der Waals surface area contributed by atoms with Gasteiger partial charge in [0.2, 0.25) is 5.91 Å². The number of rotatable bonds is 5. The zero-order valence-corrected chi connectivity index (χ0v) is 14.5. The molecule has 1 heterocycles. The molecule has 1 aromatic rings. The molecule has 1 amide bonds. The van der Waals surface area contributed by atoms with Crippen molar-refractivity contribution >= 4 is 18.3 Å². The molecule has 1 aromatic carbocycles. The number of halogens is 4. The van der Waals surface area contributed by atoms with Crippen LogP contribution in [0.3, 0.4) is 0 Å². The maximum Gasteiger partial charge on any atom is 0.573 e. The second kappa shape index (κ2) is 7.83. The quantitative estimate of drug-likeness (QED) is 0.828. The molecule has 3 rings (SSSR count). The minimum atomic E-state index is -4.68. The van der Waals surface area contributed by atoms with E-state index in [1.807, 2.05) is 0 Å². The van der Waals surface area contributed by atoms with Crippen molar-refractivity contribution in [3.8, 4) is 5.75 Å². The molecule has 1 saturated heterocycles. The highest BCUT2D eigenvalue weighted by Gasteiger charge is 2.57. The molecule has 0 bridgehead atoms. The molecule has 1 aliphatic heterocycles. The van der Waals surface area contributed by atoms with E-state index >= 15 is 0 Å². The number of amides is 1. The van der Waals surface area contributed by atoms with Gasteiger partial charge in [0, 0.05) is 12.5 Å². The van der Waals surface area contributed by atoms with Crippen molar-refractivity contribution in [2.75, 3.05) is 19.6 Å². The summed E-state index contributed by atoms with van der Waals surface area (Å²) in [5.74, 6) is -0.00259. The summed E-state index contributed by atoms with van der Waals surface area (Å²) in [4.78, 5) is 12.2. The van der Waals surface area contributed by atoms with E-state index in [2.05, 4.69) is 15.4 Å². The molecule has 2 fully saturated rings. The number of hydrogen-bond acceptors (Lipinski definition) is 3. The van der Waals surface area contributed by atoms with E-state index in [9.17, 15) is 18.0 Å². The van der Waals surface area contributed by atoms with Gasteiger partial charge in [-0.2, -0.15) is 0 Å². The second-order valence-electron chi connectivity index (χ2n) is 6.60. The van der Waals surface area contributed by atoms with Gasteiger partial charge in [0.25, 0.3) is 0 Å². The zero-order chi connectivity index (χ0) is 17.2. The van der Waals surface area contributed by atoms with Crippen LogP contribution in [0.25, 0.3) is 0 Å². The molecular formula is C17H22ClF3N2O2. The Labute approximate surface area is 150 Å². The van der Waals surface area contributed by atoms with E-state index in [4.69, 9.17) is 0 Å². The summed E-state index contributed by atoms with van der Waals surface area (Å²) in [6, 6.07) is 5.74. The van der Waals surface area contributed by atoms with Crippen molar-refractivity contribution in [3.63, 3.8) is 0 Å². The van der Waals surface area contributed by atoms with Gasteiger partial charge in [0.15, 0.2) is 0 Å². The average molecular weight is 379 g/mol. The van der Waals surface area contributed by atoms with Crippen molar-refractivity contribution in [2.45, 2.75) is 32.0 Å². The standard InChI is InChI=1S/C17H21F3N2O2.ClH/c18-17(19,20)24-13-3-1-12(2-4-13)5-8-22-15(23)14-11-16(14)6-9-21-10-7-16;/h1-4,14,21H,5-11H2,(H,22,23);1H. The maximum atomic E-state index is 12.2. The Bertz CT molecular complexity index is 587. The van der Waals surface area contributed by atoms with Crippen molar-refractivity contribution < 1.29 is 22.7 Å². The molecule has 2 aliphatic rings. The number of alkyl halides is 3. The molecule has 2 N–H and O–H groups in total. The number of carbonyl (C=O) groups excluding carboxylic acids is 1. The van der Waals surface area contributed by atoms with Crippen LogP contribution in [-0.4, -0.2) is 31.9 Å². The fourth-order valence-corrected chi connectivity index (χ4v) is 3.51. The minimum Gasteiger partial charge on any atom is -0.406 e. The van der Waals surface area contributed by atoms with E-state index in [0.29, 0.717) is 13.0 Å². The summed E-state index contributed by atoms with van der Waals surface area (Å²) in [5, 5.41) is 6.26. The molecule has 4 nitrogen and oxygen atoms in total. The number of piperidine rings is 1. The summed E-state index contributed by atoms with van der Waals surface area (Å²) >= 11 is 0. The van der Waals surface area contributed by atoms with Crippen molar-refractivity contribution in [3.05, 3.63) is 29.8 Å². The molecule has 25 heavy (non-hydrogen) atoms. The highest BCUT2D eigenvalue weighted by atomic mass is 35.5. The highest BCUT2D eigenvalue weighted by Crippen LogP contribution is 2.58. The molecule has 0 radical (unpaired) electrons. The monoisotopic (exact) mass is 378 g/mol. The fourth-order valence-electron chi connectivity index (χ4n) is 3.51. The number of ether oxygens (including phenoxy) is 1. The van der Waals surface area contributed by atoms with Gasteiger partial charge in [-0.05, 0) is 61.9 Å². The normalized spacial score (nSPS) is 21.3. The first-order chi connectivity index (χ1) is 11.4. The van der Waals surface area contributed by atoms with Crippen LogP contribution < -0.4 is 15.4 Å². The van der Waals surface area contributed by atoms with Crippen LogP contribution in [0.4, 0.5) is 13.2 Å². The fraction of sp³-hybridized carbons (Fsp3) is 0.588. The third-order valence-corrected chi connectivity index (χ3v) is 4.98. The topological polar surface area (TPSA) is 50.4 Å². The third-order valence-electron chi connectivity index (χ3n) is 4.98. The molecular weight excluding hydrogens is 357 g/mol. The van der Waals surface area contributed by atoms with E-state index in [-0.39, 0.29) is 35.4 Å². The molecule has 1 unspecified atom stereocenters. The van der Waals surface area contributed by atoms with Gasteiger partial charge >= 0.3 is 6.36 Å². The van der Waals surface area contributed by atoms with Gasteiger partial charge in [0.05, 0.1) is 0 Å². The van der Waals surface area contributed by atoms with Crippen LogP contribution in [0.2, 0.25) is 0 Å². The summed E-state index contributed by atoms with van der Waals surface area (Å²) < 4.78 is 40.1. The average Bonchev–Trinajstić information content (AvgIpc) is 3.21. The summed E-state index contributed by atoms with van der Waals surface area (Å²) in [7, 11) is 0. The van der Waals surface area contributed by atoms with E-state index in [1.54, 1.807) is 12.1 Å². The molecule has 140 valence electrons. The molecule has 1 saturated carbocycles. The molecule has 1 spiro atoms. The van der Waals surface area contributed by atoms with Crippen molar-refractivity contribution in [2.24, 2.45) is 11.3 Å². The van der Waals surface area contributed by atoms with Gasteiger partial charge in [-0.1, -0.05) is 12.1 Å². The summed E-state index contributed by atoms with van der Waals surface area (Å²) in [6.07, 6.45) is -0.995. The minimum absolute atomic E-state index is 0. The molecule has 8 heteroatoms. The van der Waals surface area contributed by atoms with E-state index in [0.717, 1.165) is 37.9 Å². The lowest BCUT2D eigenvalue weighted by Gasteiger charge is -2.23. The predicted octanol–water partition coefficient (Wildman–Crippen LogP) is 3.06. The van der Waals surface area contributed by atoms with Crippen LogP contribution in [0, 0.1) is 11.3 Å². The number of hydrogen-bond donors (Lipinski definition) is 2. The SMILES string of the molecule is Cl.O=C(NCCc1ccc(OC(F)(F)F)cc1)C1CC12CCNCC2. The summed E-state index contributed by atoms with van der Waals surface area (Å²) in [5.41, 5.74) is 1.07. The first-order valence-corrected chi connectivity index (χ1v) is 8.21. The van der Waals surface area contributed by atoms with Crippen LogP contribution in [0.15, 0.2) is 24.3 Å². The zero-order valence-electron chi connectivity index (χ0n) is 13.7. The van der Waals surface area contributed by atoms with Gasteiger partial charge in [0.1, 0.15) is 5.75 Å². The van der Waals surface area contributed by atoms with Gasteiger partial charge < -0.3 is 15.4 Å². The van der Waals surface area contributed by atoms with Crippen LogP contribution >= 0.6 is 12.4 Å². The van der Waals surface area contributed by atoms with Crippen molar-refractivity contribution in [1.29, 1.82) is 0 Å². The molecule has 1 aliphatic carbocycles. The second-order valence-corrected chi connectivity index (χ2v) is 6.60. The highest BCUT2D eigenvalue weighted by molar-refractivity contribution is 5.85. The van der Waals surface area contributed by atoms with Gasteiger partial charge in [-0.15, -0.1) is 25.6 Å². The molecule has 1 atom stereocenters. The third kappa shape index (κ3) is 5.25. The Morgan fingerprint density at radius 3 is 2.48 bits per heavy atom. The first-order valence-electron chi connectivity index (χ1n) is 8.21. The smallest absolute Gasteiger partial charge is 0.406 e. The van der Waals surface area contributed by atoms with Gasteiger partial charge in [-0.25, -0.2) is 0 Å². The Morgan fingerprint density at radius 2 is 1.88 bits per heavy atom. The Morgan fingerprint density at radius 1 is 1.24 bits per heavy atom. The van der Waals surface area contributed by atoms with Crippen LogP contribution in [0.5, 0.6) is 5.75 Å². The Hall–Kier alpha value is -1.47. The van der Waals surface area contributed by atoms with E-state index < -0.39 is 6.36 Å². The maximum absolute atomic E-state index is 12.2. The van der Waals surface area contributed by atoms with Crippen molar-refractivity contribution in [1.82, 2.24) is 10.6 Å². The Balaban J connectivity index is 0.00000225. The van der Waals surface area contributed by atoms with Crippen LogP contribution in [-0.2, 0) is 11.2 Å². The summed E-state index contributed by atoms with van der Waals surface area (Å²) in [6.45, 7) is 2.45. The number of nitrogens with one attached hydrogen (secondary N) is 2. The lowest BCUT2D eigenvalue weighted by atomic mass is 9.92. The number of carbonyl (C=O) groups is 1. The van der Waals surface area contributed by atoms with E-state index in [1.165, 1.54) is 12.1 Å². The molecule has 0 aromatic heterocycles. The lowest BCUT2D eigenvalue weighted by molar-refractivity contribution is -0.274. The Kier molecular flexibility index (Phi) is 6.21.